The Hall–Kier alpha value is -12.4. The van der Waals surface area contributed by atoms with Gasteiger partial charge >= 0.3 is 35.8 Å². The minimum Gasteiger partial charge on any atom is -0.479 e. The third-order valence-corrected chi connectivity index (χ3v) is 31.1. The van der Waals surface area contributed by atoms with E-state index in [-0.39, 0.29) is 140 Å². The number of aromatic amines is 1. The first-order chi connectivity index (χ1) is 64.2. The Morgan fingerprint density at radius 3 is 1.01 bits per heavy atom. The van der Waals surface area contributed by atoms with E-state index < -0.39 is 119 Å². The highest BCUT2D eigenvalue weighted by Crippen LogP contribution is 2.49. The number of carboxylic acid groups (broad SMARTS) is 1. The third kappa shape index (κ3) is 23.7. The summed E-state index contributed by atoms with van der Waals surface area (Å²) in [5, 5.41) is 74.3. The number of carboxylic acids is 1. The highest BCUT2D eigenvalue weighted by Gasteiger charge is 2.60. The van der Waals surface area contributed by atoms with Crippen LogP contribution in [0.2, 0.25) is 0 Å². The number of nitriles is 1. The van der Waals surface area contributed by atoms with E-state index in [2.05, 4.69) is 68.7 Å². The topological polar surface area (TPSA) is 581 Å². The lowest BCUT2D eigenvalue weighted by Crippen LogP contribution is -2.74. The number of thiophene rings is 5. The number of rotatable bonds is 29. The molecule has 5 fully saturated rings. The number of ether oxygens (including phenoxy) is 5. The summed E-state index contributed by atoms with van der Waals surface area (Å²) in [6.07, 6.45) is 1.06. The Balaban J connectivity index is 0.000000142. The Labute approximate surface area is 803 Å². The summed E-state index contributed by atoms with van der Waals surface area (Å²) >= 11 is 14.0. The molecule has 11 amide bonds. The largest absolute Gasteiger partial charge is 0.479 e. The number of hydrogen-bond donors (Lipinski definition) is 8. The van der Waals surface area contributed by atoms with Crippen molar-refractivity contribution in [1.82, 2.24) is 91.8 Å². The molecule has 7 aromatic heterocycles. The van der Waals surface area contributed by atoms with Gasteiger partial charge in [-0.15, -0.1) is 136 Å². The zero-order valence-electron chi connectivity index (χ0n) is 70.8. The van der Waals surface area contributed by atoms with E-state index in [1.807, 2.05) is 93.0 Å². The van der Waals surface area contributed by atoms with Gasteiger partial charge < -0.3 is 85.6 Å². The average molecular weight is 2020 g/mol. The minimum atomic E-state index is -1.20. The molecule has 700 valence electrons. The number of fused-ring (bicyclic) bond motifs is 5. The fourth-order valence-corrected chi connectivity index (χ4v) is 24.2. The number of hydrogen-bond acceptors (Lipinski definition) is 39. The highest BCUT2D eigenvalue weighted by atomic mass is 32.2. The number of β-lactam (4-membered cyclic amide) rings is 5. The van der Waals surface area contributed by atoms with Gasteiger partial charge in [0.15, 0.2) is 11.9 Å². The SMILES string of the molecule is CC(=O)OCC1=CS[C@@H]2[C@H](NC(=O)Cc3cccs3)C(=O)N2[C@H]1C#N.CC(=O)OCC1=CS[C@@H]2[C@H](NC(=O)Cc3cccs3)C(=O)N2[C@H]1C(=O)O.CC(=O)OCC1=CS[C@@H]2[C@H](NC(=O)Cc3cccs3)C(=O)N2[C@H]1C(N)=O.CC(=O)OCC1=CS[C@@H]2[C@H](NC(=O)Cc3cccs3)C(=O)N2[C@H]1c1nn[nH]n1.[B]n1nnc([C@H]2C(COC(C)=O)=CS[C@@H]3[C@H](NC(=O)Cc4cccs4)C(=O)N23)n1. The van der Waals surface area contributed by atoms with E-state index >= 15 is 0 Å². The second kappa shape index (κ2) is 45.1. The lowest BCUT2D eigenvalue weighted by molar-refractivity contribution is -0.160. The van der Waals surface area contributed by atoms with Crippen LogP contribution in [0.3, 0.4) is 0 Å². The molecule has 54 heteroatoms. The molecule has 9 N–H and O–H groups in total. The van der Waals surface area contributed by atoms with E-state index in [0.717, 1.165) is 29.1 Å². The number of carbonyl (C=O) groups excluding carboxylic acids is 16. The van der Waals surface area contributed by atoms with E-state index in [1.54, 1.807) is 31.4 Å². The predicted octanol–water partition coefficient (Wildman–Crippen LogP) is 1.80. The molecular weight excluding hydrogens is 1940 g/mol. The molecule has 43 nitrogen and oxygen atoms in total. The standard InChI is InChI=1S/C16H15BN6O4S2.C16H16N6O4S2.C16H17N3O5S2.C16H15N3O4S2.C16H16N2O6S2/c1-8(24)27-6-9-7-29-16-12(18-11(25)5-10-3-2-4-28-10)15(26)22(16)13(9)14-19-21-23(17)20-14;1-8(23)26-6-9-7-28-16-12(17-11(24)5-10-3-2-4-27-10)15(25)22(16)13(9)14-18-20-21-19-14;1-8(20)24-6-9-7-26-16-12(15(23)19(16)13(9)14(17)22)18-11(21)5-10-3-2-4-25-10;1-9(20)23-7-10-8-25-16-14(15(22)19(16)12(10)6-17)18-13(21)5-11-3-2-4-24-11;1-8(19)24-6-9-7-26-15-12(14(21)18(15)13(9)16(22)23)17-11(20)5-10-3-2-4-25-10/h2-4,7,12-13,16H,5-6H2,1H3,(H,18,25);2-4,7,12-13,16H,5-6H2,1H3,(H,17,24)(H,18,19,20,21);2-4,7,12-13,16H,5-6H2,1H3,(H2,17,22)(H,18,21);2-4,8,12,14,16H,5,7H2,1H3,(H,18,21);2-4,7,12-13,15H,5-6H2,1H3,(H,17,20)(H,22,23)/t3*12-,13-,16-;12-,14+,16+;12-,13-,15-/m11101/s1. The number of esters is 5. The third-order valence-electron chi connectivity index (χ3n) is 20.6. The van der Waals surface area contributed by atoms with Crippen molar-refractivity contribution in [1.29, 1.82) is 5.26 Å². The van der Waals surface area contributed by atoms with Crippen molar-refractivity contribution in [2.24, 2.45) is 5.73 Å². The first-order valence-corrected chi connectivity index (χ1v) is 49.2. The quantitative estimate of drug-likeness (QED) is 0.0143. The molecule has 10 aliphatic heterocycles. The summed E-state index contributed by atoms with van der Waals surface area (Å²) in [4.78, 5) is 214. The number of aromatic nitrogens is 8. The van der Waals surface area contributed by atoms with Gasteiger partial charge in [-0.2, -0.15) is 10.5 Å². The number of nitrogens with one attached hydrogen (secondary N) is 6. The number of carbonyl (C=O) groups is 17. The van der Waals surface area contributed by atoms with E-state index in [0.29, 0.717) is 33.7 Å². The fourth-order valence-electron chi connectivity index (χ4n) is 14.6. The smallest absolute Gasteiger partial charge is 0.330 e. The number of aliphatic carboxylic acids is 1. The molecule has 10 aliphatic rings. The lowest BCUT2D eigenvalue weighted by Gasteiger charge is -2.51. The second-order valence-corrected chi connectivity index (χ2v) is 40.0. The number of primary amides is 1. The van der Waals surface area contributed by atoms with Gasteiger partial charge in [-0.1, -0.05) is 40.8 Å². The lowest BCUT2D eigenvalue weighted by atomic mass is 9.97. The van der Waals surface area contributed by atoms with Crippen LogP contribution in [-0.4, -0.2) is 287 Å². The van der Waals surface area contributed by atoms with Gasteiger partial charge in [-0.3, -0.25) is 76.7 Å². The molecule has 17 heterocycles. The van der Waals surface area contributed by atoms with Gasteiger partial charge in [0.25, 0.3) is 13.9 Å². The molecule has 0 bridgehead atoms. The first kappa shape index (κ1) is 99.1. The Bertz CT molecular complexity index is 5700. The summed E-state index contributed by atoms with van der Waals surface area (Å²) in [6, 6.07) is 13.1. The van der Waals surface area contributed by atoms with Crippen molar-refractivity contribution in [3.05, 3.63) is 179 Å². The number of thioether (sulfide) groups is 5. The molecule has 5 saturated heterocycles. The predicted molar refractivity (Wildman–Crippen MR) is 487 cm³/mol. The molecule has 0 aromatic carbocycles. The molecule has 15 atom stereocenters. The molecule has 17 rings (SSSR count). The van der Waals surface area contributed by atoms with Crippen molar-refractivity contribution in [3.8, 4) is 6.07 Å². The first-order valence-electron chi connectivity index (χ1n) is 40.0. The Kier molecular flexibility index (Phi) is 33.4. The van der Waals surface area contributed by atoms with E-state index in [4.69, 9.17) is 37.4 Å². The van der Waals surface area contributed by atoms with Gasteiger partial charge in [0, 0.05) is 86.9 Å². The van der Waals surface area contributed by atoms with Crippen molar-refractivity contribution in [3.63, 3.8) is 0 Å². The van der Waals surface area contributed by atoms with Crippen LogP contribution in [0.1, 0.15) is 82.7 Å². The molecule has 134 heavy (non-hydrogen) atoms. The number of H-pyrrole nitrogens is 1. The molecule has 0 aliphatic carbocycles. The summed E-state index contributed by atoms with van der Waals surface area (Å²) < 4.78 is 25.7. The average Bonchev–Trinajstić information content (AvgIpc) is 1.41. The Morgan fingerprint density at radius 1 is 0.425 bits per heavy atom. The van der Waals surface area contributed by atoms with E-state index in [1.165, 1.54) is 165 Å². The number of nitrogens with two attached hydrogens (primary N) is 1. The summed E-state index contributed by atoms with van der Waals surface area (Å²) in [5.41, 5.74) is 8.09. The van der Waals surface area contributed by atoms with Crippen LogP contribution in [0, 0.1) is 11.3 Å². The van der Waals surface area contributed by atoms with Crippen LogP contribution in [0.15, 0.2) is 142 Å². The molecule has 7 aromatic rings. The maximum Gasteiger partial charge on any atom is 0.330 e. The van der Waals surface area contributed by atoms with Crippen molar-refractivity contribution in [2.75, 3.05) is 33.0 Å². The van der Waals surface area contributed by atoms with Crippen molar-refractivity contribution in [2.45, 2.75) is 154 Å². The van der Waals surface area contributed by atoms with E-state index in [9.17, 15) is 91.9 Å². The van der Waals surface area contributed by atoms with Crippen molar-refractivity contribution < 1.29 is 110 Å². The summed E-state index contributed by atoms with van der Waals surface area (Å²) in [7, 11) is 5.51. The highest BCUT2D eigenvalue weighted by molar-refractivity contribution is 8.04. The summed E-state index contributed by atoms with van der Waals surface area (Å²) in [5.74, 6) is -6.53. The van der Waals surface area contributed by atoms with Crippen LogP contribution < -0.4 is 32.3 Å². The molecule has 2 radical (unpaired) electrons. The maximum atomic E-state index is 12.9. The zero-order chi connectivity index (χ0) is 95.9. The second-order valence-electron chi connectivity index (χ2n) is 29.9. The summed E-state index contributed by atoms with van der Waals surface area (Å²) in [6.45, 7) is 6.07. The number of amides is 11. The molecule has 0 saturated carbocycles. The number of nitrogens with zero attached hydrogens (tertiary/aromatic N) is 13. The molecular formula is C80H79BN20O23S10. The van der Waals surface area contributed by atoms with Gasteiger partial charge in [0.1, 0.15) is 114 Å². The minimum absolute atomic E-state index is 0.0159. The van der Waals surface area contributed by atoms with Crippen LogP contribution in [-0.2, 0) is 137 Å². The molecule has 0 spiro atoms. The Morgan fingerprint density at radius 2 is 0.716 bits per heavy atom. The van der Waals surface area contributed by atoms with Gasteiger partial charge in [0.05, 0.1) is 38.2 Å². The van der Waals surface area contributed by atoms with Crippen LogP contribution in [0.25, 0.3) is 0 Å². The molecule has 0 unspecified atom stereocenters. The normalized spacial score (nSPS) is 23.9. The van der Waals surface area contributed by atoms with Crippen LogP contribution >= 0.6 is 115 Å². The monoisotopic (exact) mass is 2020 g/mol. The van der Waals surface area contributed by atoms with Gasteiger partial charge in [-0.25, -0.2) is 9.50 Å². The van der Waals surface area contributed by atoms with Gasteiger partial charge in [0.2, 0.25) is 64.9 Å². The van der Waals surface area contributed by atoms with Gasteiger partial charge in [-0.05, 0) is 84.3 Å². The zero-order valence-corrected chi connectivity index (χ0v) is 78.9. The van der Waals surface area contributed by atoms with Crippen LogP contribution in [0.4, 0.5) is 0 Å². The fraction of sp³-hybridized carbons (Fsp3) is 0.375. The maximum absolute atomic E-state index is 12.9. The number of tetrazole rings is 2. The van der Waals surface area contributed by atoms with Crippen molar-refractivity contribution >= 4 is 224 Å². The van der Waals surface area contributed by atoms with Crippen LogP contribution in [0.5, 0.6) is 0 Å².